The van der Waals surface area contributed by atoms with Gasteiger partial charge in [0.15, 0.2) is 9.84 Å². The highest BCUT2D eigenvalue weighted by atomic mass is 32.2. The van der Waals surface area contributed by atoms with Crippen molar-refractivity contribution in [2.45, 2.75) is 25.5 Å². The van der Waals surface area contributed by atoms with Gasteiger partial charge in [0.25, 0.3) is 0 Å². The van der Waals surface area contributed by atoms with Crippen molar-refractivity contribution in [2.24, 2.45) is 0 Å². The number of rotatable bonds is 4. The van der Waals surface area contributed by atoms with Crippen LogP contribution in [0.1, 0.15) is 20.3 Å². The van der Waals surface area contributed by atoms with Crippen LogP contribution in [0, 0.1) is 5.82 Å². The minimum atomic E-state index is -3.49. The van der Waals surface area contributed by atoms with Gasteiger partial charge in [-0.2, -0.15) is 0 Å². The lowest BCUT2D eigenvalue weighted by molar-refractivity contribution is -0.118. The van der Waals surface area contributed by atoms with Gasteiger partial charge < -0.3 is 9.80 Å². The van der Waals surface area contributed by atoms with Crippen LogP contribution in [0.5, 0.6) is 0 Å². The Bertz CT molecular complexity index is 675. The second kappa shape index (κ2) is 6.24. The van der Waals surface area contributed by atoms with E-state index >= 15 is 0 Å². The largest absolute Gasteiger partial charge is 0.368 e. The first kappa shape index (κ1) is 16.7. The Kier molecular flexibility index (Phi) is 4.75. The lowest BCUT2D eigenvalue weighted by Crippen LogP contribution is -2.48. The van der Waals surface area contributed by atoms with Crippen LogP contribution in [-0.4, -0.2) is 45.5 Å². The number of hydrogen-bond acceptors (Lipinski definition) is 4. The van der Waals surface area contributed by atoms with Crippen LogP contribution < -0.4 is 9.80 Å². The van der Waals surface area contributed by atoms with Crippen LogP contribution in [0.4, 0.5) is 15.8 Å². The van der Waals surface area contributed by atoms with E-state index < -0.39 is 26.8 Å². The molecule has 122 valence electrons. The molecule has 0 spiro atoms. The molecule has 1 aromatic carbocycles. The molecule has 2 rings (SSSR count). The van der Waals surface area contributed by atoms with E-state index in [0.29, 0.717) is 18.8 Å². The van der Waals surface area contributed by atoms with Crippen LogP contribution >= 0.6 is 0 Å². The number of benzene rings is 1. The van der Waals surface area contributed by atoms with Gasteiger partial charge >= 0.3 is 0 Å². The molecule has 0 saturated carbocycles. The number of anilines is 2. The third kappa shape index (κ3) is 3.24. The summed E-state index contributed by atoms with van der Waals surface area (Å²) in [6, 6.07) is 4.30. The highest BCUT2D eigenvalue weighted by Crippen LogP contribution is 2.34. The summed E-state index contributed by atoms with van der Waals surface area (Å²) in [5, 5.41) is -1.14. The summed E-state index contributed by atoms with van der Waals surface area (Å²) in [6.07, 6.45) is 1.97. The Balaban J connectivity index is 2.41. The number of fused-ring (bicyclic) bond motifs is 1. The number of hydrogen-bond donors (Lipinski definition) is 0. The van der Waals surface area contributed by atoms with Gasteiger partial charge in [0.05, 0.1) is 11.4 Å². The number of amides is 1. The van der Waals surface area contributed by atoms with Crippen LogP contribution in [0.2, 0.25) is 0 Å². The maximum Gasteiger partial charge on any atom is 0.245 e. The zero-order valence-corrected chi connectivity index (χ0v) is 13.9. The summed E-state index contributed by atoms with van der Waals surface area (Å²) < 4.78 is 36.9. The molecule has 1 unspecified atom stereocenters. The number of halogens is 1. The highest BCUT2D eigenvalue weighted by Gasteiger charge is 2.33. The predicted molar refractivity (Wildman–Crippen MR) is 85.6 cm³/mol. The maximum atomic E-state index is 13.6. The van der Waals surface area contributed by atoms with E-state index in [2.05, 4.69) is 4.90 Å². The molecule has 1 heterocycles. The third-order valence-corrected chi connectivity index (χ3v) is 5.40. The summed E-state index contributed by atoms with van der Waals surface area (Å²) in [7, 11) is -3.49. The van der Waals surface area contributed by atoms with Gasteiger partial charge in [-0.05, 0) is 31.5 Å². The summed E-state index contributed by atoms with van der Waals surface area (Å²) in [5.41, 5.74) is 1.21. The van der Waals surface area contributed by atoms with E-state index in [9.17, 15) is 17.6 Å². The van der Waals surface area contributed by atoms with E-state index in [1.165, 1.54) is 24.0 Å². The quantitative estimate of drug-likeness (QED) is 0.846. The van der Waals surface area contributed by atoms with E-state index in [1.807, 2.05) is 6.92 Å². The first-order valence-corrected chi connectivity index (χ1v) is 9.26. The van der Waals surface area contributed by atoms with Gasteiger partial charge in [0, 0.05) is 25.9 Å². The third-order valence-electron chi connectivity index (χ3n) is 3.91. The maximum absolute atomic E-state index is 13.6. The zero-order chi connectivity index (χ0) is 16.5. The van der Waals surface area contributed by atoms with Crippen molar-refractivity contribution in [3.63, 3.8) is 0 Å². The van der Waals surface area contributed by atoms with Gasteiger partial charge in [0.2, 0.25) is 5.91 Å². The molecule has 1 amide bonds. The molecule has 7 heteroatoms. The fraction of sp³-hybridized carbons (Fsp3) is 0.533. The number of sulfone groups is 1. The molecule has 0 bridgehead atoms. The van der Waals surface area contributed by atoms with Crippen molar-refractivity contribution < 1.29 is 17.6 Å². The van der Waals surface area contributed by atoms with Crippen LogP contribution in [0.15, 0.2) is 18.2 Å². The minimum absolute atomic E-state index is 0.356. The molecule has 0 saturated heterocycles. The fourth-order valence-corrected chi connectivity index (χ4v) is 3.07. The molecular formula is C15H21FN2O3S. The molecule has 0 fully saturated rings. The fourth-order valence-electron chi connectivity index (χ4n) is 2.58. The van der Waals surface area contributed by atoms with Gasteiger partial charge in [-0.15, -0.1) is 0 Å². The van der Waals surface area contributed by atoms with Crippen LogP contribution in [0.3, 0.4) is 0 Å². The summed E-state index contributed by atoms with van der Waals surface area (Å²) in [6.45, 7) is 5.19. The van der Waals surface area contributed by atoms with Crippen LogP contribution in [0.25, 0.3) is 0 Å². The molecule has 1 aliphatic rings. The van der Waals surface area contributed by atoms with Crippen LogP contribution in [-0.2, 0) is 14.6 Å². The number of carbonyl (C=O) groups excluding carboxylic acids is 1. The van der Waals surface area contributed by atoms with Gasteiger partial charge in [-0.3, -0.25) is 4.79 Å². The van der Waals surface area contributed by atoms with Crippen molar-refractivity contribution in [3.05, 3.63) is 24.0 Å². The summed E-state index contributed by atoms with van der Waals surface area (Å²) in [5.74, 6) is -0.951. The van der Waals surface area contributed by atoms with Crippen molar-refractivity contribution in [2.75, 3.05) is 35.7 Å². The number of nitrogens with zero attached hydrogens (tertiary/aromatic N) is 2. The first-order valence-electron chi connectivity index (χ1n) is 7.30. The monoisotopic (exact) mass is 328 g/mol. The molecule has 0 N–H and O–H groups in total. The average molecular weight is 328 g/mol. The summed E-state index contributed by atoms with van der Waals surface area (Å²) in [4.78, 5) is 16.0. The molecule has 1 aromatic rings. The van der Waals surface area contributed by atoms with Gasteiger partial charge in [0.1, 0.15) is 11.1 Å². The van der Waals surface area contributed by atoms with Crippen molar-refractivity contribution in [3.8, 4) is 0 Å². The molecule has 1 atom stereocenters. The Hall–Kier alpha value is -1.63. The average Bonchev–Trinajstić information content (AvgIpc) is 2.45. The molecule has 22 heavy (non-hydrogen) atoms. The first-order chi connectivity index (χ1) is 10.3. The second-order valence-corrected chi connectivity index (χ2v) is 7.95. The Morgan fingerprint density at radius 3 is 2.59 bits per heavy atom. The Labute approximate surface area is 130 Å². The van der Waals surface area contributed by atoms with Gasteiger partial charge in [-0.1, -0.05) is 6.92 Å². The molecule has 5 nitrogen and oxygen atoms in total. The zero-order valence-electron chi connectivity index (χ0n) is 13.0. The van der Waals surface area contributed by atoms with Crippen molar-refractivity contribution in [1.82, 2.24) is 0 Å². The van der Waals surface area contributed by atoms with E-state index in [1.54, 1.807) is 6.07 Å². The van der Waals surface area contributed by atoms with Crippen molar-refractivity contribution in [1.29, 1.82) is 0 Å². The van der Waals surface area contributed by atoms with Crippen molar-refractivity contribution >= 4 is 27.1 Å². The highest BCUT2D eigenvalue weighted by molar-refractivity contribution is 7.92. The van der Waals surface area contributed by atoms with E-state index in [-0.39, 0.29) is 0 Å². The predicted octanol–water partition coefficient (Wildman–Crippen LogP) is 1.82. The standard InChI is InChI=1S/C15H21FN2O3S/c1-4-7-17-8-9-18(15(19)11(2)22(3,20)21)14-10-12(16)5-6-13(14)17/h5-6,10-11H,4,7-9H2,1-3H3. The molecule has 0 radical (unpaired) electrons. The Morgan fingerprint density at radius 2 is 2.00 bits per heavy atom. The summed E-state index contributed by atoms with van der Waals surface area (Å²) >= 11 is 0. The van der Waals surface area contributed by atoms with Gasteiger partial charge in [-0.25, -0.2) is 12.8 Å². The topological polar surface area (TPSA) is 57.7 Å². The smallest absolute Gasteiger partial charge is 0.245 e. The molecule has 0 aliphatic carbocycles. The van der Waals surface area contributed by atoms with E-state index in [0.717, 1.165) is 24.9 Å². The normalized spacial score (nSPS) is 16.4. The molecule has 0 aromatic heterocycles. The lowest BCUT2D eigenvalue weighted by Gasteiger charge is -2.38. The molecule has 1 aliphatic heterocycles. The molecular weight excluding hydrogens is 307 g/mol. The second-order valence-electron chi connectivity index (χ2n) is 5.58. The SMILES string of the molecule is CCCN1CCN(C(=O)C(C)S(C)(=O)=O)c2cc(F)ccc21. The lowest BCUT2D eigenvalue weighted by atomic mass is 10.1. The minimum Gasteiger partial charge on any atom is -0.368 e. The Morgan fingerprint density at radius 1 is 1.32 bits per heavy atom. The number of carbonyl (C=O) groups is 1. The van der Waals surface area contributed by atoms with E-state index in [4.69, 9.17) is 0 Å².